The molecule has 0 amide bonds. The quantitative estimate of drug-likeness (QED) is 0.230. The third kappa shape index (κ3) is 7.86. The Balaban J connectivity index is 1.30. The summed E-state index contributed by atoms with van der Waals surface area (Å²) in [6, 6.07) is 0.305. The maximum absolute atomic E-state index is 13.7. The first-order valence-electron chi connectivity index (χ1n) is 16.3. The van der Waals surface area contributed by atoms with Crippen molar-refractivity contribution in [3.63, 3.8) is 0 Å². The van der Waals surface area contributed by atoms with Gasteiger partial charge in [-0.2, -0.15) is 0 Å². The van der Waals surface area contributed by atoms with Crippen LogP contribution >= 0.6 is 0 Å². The Morgan fingerprint density at radius 1 is 0.956 bits per heavy atom. The molecule has 0 radical (unpaired) electrons. The molecule has 1 aliphatic heterocycles. The van der Waals surface area contributed by atoms with Gasteiger partial charge in [0.1, 0.15) is 11.6 Å². The van der Waals surface area contributed by atoms with Gasteiger partial charge in [0, 0.05) is 48.8 Å². The van der Waals surface area contributed by atoms with Crippen molar-refractivity contribution < 1.29 is 9.53 Å². The van der Waals surface area contributed by atoms with Crippen molar-refractivity contribution >= 4 is 11.5 Å². The SMILES string of the molecule is COc1ncc(-c2cnc(C(C(=O)CCC(C)C)C3CCC(Cc4ncc(C(C)(C)C)c(C5=NCC=C5C)n4)CC3)cn2)cn1. The lowest BCUT2D eigenvalue weighted by Crippen LogP contribution is -2.28. The predicted molar refractivity (Wildman–Crippen MR) is 176 cm³/mol. The molecule has 1 aliphatic carbocycles. The van der Waals surface area contributed by atoms with Gasteiger partial charge in [-0.25, -0.2) is 19.9 Å². The number of nitrogens with zero attached hydrogens (tertiary/aromatic N) is 7. The highest BCUT2D eigenvalue weighted by atomic mass is 16.5. The summed E-state index contributed by atoms with van der Waals surface area (Å²) in [4.78, 5) is 46.2. The zero-order chi connectivity index (χ0) is 32.1. The number of carbonyl (C=O) groups is 1. The molecule has 4 heterocycles. The van der Waals surface area contributed by atoms with Gasteiger partial charge in [-0.1, -0.05) is 40.7 Å². The molecule has 2 aliphatic rings. The fourth-order valence-corrected chi connectivity index (χ4v) is 6.44. The van der Waals surface area contributed by atoms with Crippen molar-refractivity contribution in [3.8, 4) is 17.3 Å². The zero-order valence-corrected chi connectivity index (χ0v) is 27.9. The van der Waals surface area contributed by atoms with E-state index in [0.29, 0.717) is 36.5 Å². The first kappa shape index (κ1) is 32.5. The first-order valence-corrected chi connectivity index (χ1v) is 16.3. The number of rotatable bonds is 11. The molecule has 9 heteroatoms. The predicted octanol–water partition coefficient (Wildman–Crippen LogP) is 6.92. The van der Waals surface area contributed by atoms with E-state index >= 15 is 0 Å². The van der Waals surface area contributed by atoms with Crippen molar-refractivity contribution in [2.75, 3.05) is 13.7 Å². The first-order chi connectivity index (χ1) is 21.5. The summed E-state index contributed by atoms with van der Waals surface area (Å²) in [5.74, 6) is 2.10. The van der Waals surface area contributed by atoms with E-state index in [2.05, 4.69) is 62.6 Å². The van der Waals surface area contributed by atoms with Gasteiger partial charge in [-0.3, -0.25) is 19.8 Å². The Morgan fingerprint density at radius 2 is 1.69 bits per heavy atom. The summed E-state index contributed by atoms with van der Waals surface area (Å²) in [7, 11) is 1.53. The smallest absolute Gasteiger partial charge is 0.316 e. The van der Waals surface area contributed by atoms with E-state index in [1.807, 2.05) is 6.20 Å². The largest absolute Gasteiger partial charge is 0.467 e. The Labute approximate surface area is 267 Å². The van der Waals surface area contributed by atoms with Crippen molar-refractivity contribution in [1.29, 1.82) is 0 Å². The summed E-state index contributed by atoms with van der Waals surface area (Å²) in [5, 5.41) is 0. The molecule has 0 bridgehead atoms. The maximum atomic E-state index is 13.7. The van der Waals surface area contributed by atoms with Crippen LogP contribution < -0.4 is 4.74 Å². The number of methoxy groups -OCH3 is 1. The molecule has 1 atom stereocenters. The minimum absolute atomic E-state index is 0.0715. The van der Waals surface area contributed by atoms with Gasteiger partial charge in [0.05, 0.1) is 48.6 Å². The Bertz CT molecular complexity index is 1530. The van der Waals surface area contributed by atoms with E-state index in [-0.39, 0.29) is 23.0 Å². The highest BCUT2D eigenvalue weighted by molar-refractivity contribution is 6.13. The molecule has 3 aromatic rings. The van der Waals surface area contributed by atoms with Crippen LogP contribution in [-0.4, -0.2) is 55.1 Å². The molecule has 0 spiro atoms. The van der Waals surface area contributed by atoms with E-state index in [0.717, 1.165) is 72.6 Å². The van der Waals surface area contributed by atoms with Crippen molar-refractivity contribution in [1.82, 2.24) is 29.9 Å². The van der Waals surface area contributed by atoms with Crippen LogP contribution in [0, 0.1) is 17.8 Å². The molecule has 0 saturated heterocycles. The van der Waals surface area contributed by atoms with Gasteiger partial charge in [0.2, 0.25) is 0 Å². The molecular weight excluding hydrogens is 562 g/mol. The Morgan fingerprint density at radius 3 is 2.27 bits per heavy atom. The molecule has 238 valence electrons. The third-order valence-electron chi connectivity index (χ3n) is 9.14. The van der Waals surface area contributed by atoms with E-state index < -0.39 is 0 Å². The van der Waals surface area contributed by atoms with Gasteiger partial charge >= 0.3 is 6.01 Å². The topological polar surface area (TPSA) is 116 Å². The minimum atomic E-state index is -0.248. The van der Waals surface area contributed by atoms with Crippen LogP contribution in [0.5, 0.6) is 6.01 Å². The highest BCUT2D eigenvalue weighted by Gasteiger charge is 2.35. The second-order valence-electron chi connectivity index (χ2n) is 14.0. The fraction of sp³-hybridized carbons (Fsp3) is 0.556. The average Bonchev–Trinajstić information content (AvgIpc) is 3.46. The van der Waals surface area contributed by atoms with Crippen LogP contribution in [0.3, 0.4) is 0 Å². The maximum Gasteiger partial charge on any atom is 0.316 e. The van der Waals surface area contributed by atoms with Crippen LogP contribution in [0.2, 0.25) is 0 Å². The van der Waals surface area contributed by atoms with E-state index in [4.69, 9.17) is 24.7 Å². The molecule has 5 rings (SSSR count). The summed E-state index contributed by atoms with van der Waals surface area (Å²) in [5.41, 5.74) is 6.42. The van der Waals surface area contributed by atoms with Gasteiger partial charge in [0.25, 0.3) is 0 Å². The summed E-state index contributed by atoms with van der Waals surface area (Å²) >= 11 is 0. The molecule has 0 N–H and O–H groups in total. The lowest BCUT2D eigenvalue weighted by Gasteiger charge is -2.33. The van der Waals surface area contributed by atoms with Crippen LogP contribution in [0.15, 0.2) is 47.6 Å². The van der Waals surface area contributed by atoms with Crippen LogP contribution in [0.25, 0.3) is 11.3 Å². The number of hydrogen-bond acceptors (Lipinski definition) is 9. The van der Waals surface area contributed by atoms with Gasteiger partial charge < -0.3 is 4.74 Å². The second kappa shape index (κ2) is 14.0. The number of allylic oxidation sites excluding steroid dienone is 1. The average molecular weight is 610 g/mol. The van der Waals surface area contributed by atoms with Crippen molar-refractivity contribution in [2.24, 2.45) is 22.7 Å². The monoisotopic (exact) mass is 609 g/mol. The molecule has 45 heavy (non-hydrogen) atoms. The number of ether oxygens (including phenoxy) is 1. The van der Waals surface area contributed by atoms with Crippen molar-refractivity contribution in [2.45, 2.75) is 97.8 Å². The number of Topliss-reactive ketones (excluding diaryl/α,β-unsaturated/α-hetero) is 1. The second-order valence-corrected chi connectivity index (χ2v) is 14.0. The van der Waals surface area contributed by atoms with E-state index in [1.165, 1.54) is 12.7 Å². The normalized spacial score (nSPS) is 19.3. The highest BCUT2D eigenvalue weighted by Crippen LogP contribution is 2.40. The zero-order valence-electron chi connectivity index (χ0n) is 27.9. The van der Waals surface area contributed by atoms with Crippen LogP contribution in [-0.2, 0) is 16.6 Å². The van der Waals surface area contributed by atoms with Gasteiger partial charge in [0.15, 0.2) is 0 Å². The van der Waals surface area contributed by atoms with E-state index in [9.17, 15) is 4.79 Å². The summed E-state index contributed by atoms with van der Waals surface area (Å²) < 4.78 is 5.07. The Kier molecular flexibility index (Phi) is 10.1. The minimum Gasteiger partial charge on any atom is -0.467 e. The van der Waals surface area contributed by atoms with Crippen LogP contribution in [0.1, 0.15) is 109 Å². The fourth-order valence-electron chi connectivity index (χ4n) is 6.44. The molecule has 0 aromatic carbocycles. The molecule has 1 fully saturated rings. The molecule has 9 nitrogen and oxygen atoms in total. The number of aliphatic imine (C=N–C) groups is 1. The summed E-state index contributed by atoms with van der Waals surface area (Å²) in [6.45, 7) is 13.8. The molecular formula is C36H47N7O2. The standard InChI is InChI=1S/C36H47N7O2/c1-22(2)8-13-30(44)32(29-21-38-28(20-39-29)26-17-41-35(45-7)42-18-26)25-11-9-24(10-12-25)16-31-40-19-27(36(4,5)6)34(43-31)33-23(3)14-15-37-33/h14,17-22,24-25,32H,8-13,15-16H2,1-7H3. The Hall–Kier alpha value is -3.88. The molecule has 1 saturated carbocycles. The van der Waals surface area contributed by atoms with Gasteiger partial charge in [-0.05, 0) is 67.8 Å². The lowest BCUT2D eigenvalue weighted by atomic mass is 9.72. The number of carbonyl (C=O) groups excluding carboxylic acids is 1. The number of aromatic nitrogens is 6. The molecule has 3 aromatic heterocycles. The molecule has 1 unspecified atom stereocenters. The lowest BCUT2D eigenvalue weighted by molar-refractivity contribution is -0.122. The summed E-state index contributed by atoms with van der Waals surface area (Å²) in [6.07, 6.45) is 17.3. The van der Waals surface area contributed by atoms with E-state index in [1.54, 1.807) is 24.8 Å². The number of hydrogen-bond donors (Lipinski definition) is 0. The van der Waals surface area contributed by atoms with Gasteiger partial charge in [-0.15, -0.1) is 0 Å². The van der Waals surface area contributed by atoms with Crippen molar-refractivity contribution in [3.05, 3.63) is 65.4 Å². The number of ketones is 1. The van der Waals surface area contributed by atoms with Crippen LogP contribution in [0.4, 0.5) is 0 Å². The third-order valence-corrected chi connectivity index (χ3v) is 9.14.